The Morgan fingerprint density at radius 3 is 1.15 bits per heavy atom. The van der Waals surface area contributed by atoms with Crippen LogP contribution in [0.5, 0.6) is 0 Å². The number of rotatable bonds is 54. The maximum atomic E-state index is 12.8. The van der Waals surface area contributed by atoms with Crippen molar-refractivity contribution in [3.63, 3.8) is 0 Å². The molecule has 0 aliphatic carbocycles. The first kappa shape index (κ1) is 70.9. The molecule has 0 fully saturated rings. The van der Waals surface area contributed by atoms with Gasteiger partial charge in [-0.25, -0.2) is 4.57 Å². The molecule has 0 saturated heterocycles. The number of carbonyl (C=O) groups is 2. The second-order valence-corrected chi connectivity index (χ2v) is 22.5. The molecule has 9 nitrogen and oxygen atoms in total. The van der Waals surface area contributed by atoms with E-state index < -0.39 is 26.5 Å². The van der Waals surface area contributed by atoms with Gasteiger partial charge in [0.2, 0.25) is 0 Å². The molecule has 10 heteroatoms. The number of phosphoric ester groups is 1. The van der Waals surface area contributed by atoms with Crippen LogP contribution in [0.15, 0.2) is 97.2 Å². The summed E-state index contributed by atoms with van der Waals surface area (Å²) < 4.78 is 34.6. The van der Waals surface area contributed by atoms with Gasteiger partial charge in [-0.2, -0.15) is 0 Å². The number of allylic oxidation sites excluding steroid dienone is 16. The molecule has 0 aliphatic rings. The molecular formula is C64H113NO8P+. The zero-order chi connectivity index (χ0) is 54.2. The van der Waals surface area contributed by atoms with Crippen LogP contribution in [0.4, 0.5) is 0 Å². The molecule has 0 aliphatic heterocycles. The van der Waals surface area contributed by atoms with E-state index >= 15 is 0 Å². The highest BCUT2D eigenvalue weighted by Crippen LogP contribution is 2.43. The lowest BCUT2D eigenvalue weighted by atomic mass is 10.0. The number of phosphoric acid groups is 1. The van der Waals surface area contributed by atoms with Gasteiger partial charge in [0.15, 0.2) is 6.10 Å². The van der Waals surface area contributed by atoms with Crippen molar-refractivity contribution in [3.05, 3.63) is 97.2 Å². The predicted octanol–water partition coefficient (Wildman–Crippen LogP) is 18.8. The summed E-state index contributed by atoms with van der Waals surface area (Å²) in [6, 6.07) is 0. The summed E-state index contributed by atoms with van der Waals surface area (Å²) >= 11 is 0. The van der Waals surface area contributed by atoms with E-state index in [1.54, 1.807) is 0 Å². The third kappa shape index (κ3) is 58.2. The smallest absolute Gasteiger partial charge is 0.462 e. The van der Waals surface area contributed by atoms with Gasteiger partial charge < -0.3 is 18.9 Å². The molecule has 0 radical (unpaired) electrons. The standard InChI is InChI=1S/C64H112NO8P/c1-6-8-10-12-14-16-18-20-22-24-26-28-29-30-31-32-33-34-35-37-38-40-42-44-46-48-50-52-54-56-63(66)70-60-62(61-72-74(68,69)71-59-58-65(3,4)5)73-64(67)57-55-53-51-49-47-45-43-41-39-36-27-25-23-21-19-17-15-13-11-9-7-2/h9,11,15,17-18,20-21,23-24,26-27,29-30,36,41,43,62H,6-8,10,12-14,16,19,22,25,28,31-35,37-40,42,44-61H2,1-5H3/p+1/b11-9-,17-15-,20-18-,23-21-,26-24-,30-29-,36-27-,43-41-. The van der Waals surface area contributed by atoms with Crippen LogP contribution >= 0.6 is 7.82 Å². The Morgan fingerprint density at radius 2 is 0.770 bits per heavy atom. The second-order valence-electron chi connectivity index (χ2n) is 21.0. The fourth-order valence-electron chi connectivity index (χ4n) is 7.99. The third-order valence-corrected chi connectivity index (χ3v) is 13.6. The highest BCUT2D eigenvalue weighted by atomic mass is 31.2. The predicted molar refractivity (Wildman–Crippen MR) is 316 cm³/mol. The monoisotopic (exact) mass is 1050 g/mol. The second kappa shape index (κ2) is 54.7. The van der Waals surface area contributed by atoms with E-state index in [2.05, 4.69) is 111 Å². The minimum absolute atomic E-state index is 0.0230. The first-order chi connectivity index (χ1) is 36.0. The summed E-state index contributed by atoms with van der Waals surface area (Å²) in [6.07, 6.45) is 74.8. The van der Waals surface area contributed by atoms with E-state index in [1.165, 1.54) is 116 Å². The molecule has 0 bridgehead atoms. The average molecular weight is 1060 g/mol. The summed E-state index contributed by atoms with van der Waals surface area (Å²) in [7, 11) is 1.45. The molecule has 0 heterocycles. The van der Waals surface area contributed by atoms with Crippen LogP contribution in [-0.4, -0.2) is 74.9 Å². The Kier molecular flexibility index (Phi) is 52.4. The van der Waals surface area contributed by atoms with Crippen molar-refractivity contribution in [2.75, 3.05) is 47.5 Å². The molecule has 0 rings (SSSR count). The van der Waals surface area contributed by atoms with E-state index in [0.29, 0.717) is 17.4 Å². The topological polar surface area (TPSA) is 108 Å². The number of hydrogen-bond acceptors (Lipinski definition) is 7. The summed E-state index contributed by atoms with van der Waals surface area (Å²) in [5.74, 6) is -0.821. The van der Waals surface area contributed by atoms with Crippen molar-refractivity contribution in [2.45, 2.75) is 251 Å². The Balaban J connectivity index is 4.17. The lowest BCUT2D eigenvalue weighted by Crippen LogP contribution is -2.37. The molecule has 0 aromatic carbocycles. The SMILES string of the molecule is CC/C=C\C/C=C\C/C=C\C/C=C\C/C=C\CCCCCCCC(=O)OC(COC(=O)CCCCCCCCCCCCCCCC/C=C\C/C=C\C/C=C\CCCCCCC)COP(=O)(O)OCC[N+](C)(C)C. The van der Waals surface area contributed by atoms with Gasteiger partial charge in [0.25, 0.3) is 0 Å². The summed E-state index contributed by atoms with van der Waals surface area (Å²) in [5.41, 5.74) is 0. The number of quaternary nitrogens is 1. The Bertz CT molecular complexity index is 1570. The third-order valence-electron chi connectivity index (χ3n) is 12.6. The van der Waals surface area contributed by atoms with Crippen molar-refractivity contribution >= 4 is 19.8 Å². The Hall–Kier alpha value is -3.07. The number of ether oxygens (including phenoxy) is 2. The van der Waals surface area contributed by atoms with Crippen LogP contribution in [0.25, 0.3) is 0 Å². The van der Waals surface area contributed by atoms with Gasteiger partial charge in [0.05, 0.1) is 27.7 Å². The summed E-state index contributed by atoms with van der Waals surface area (Å²) in [6.45, 7) is 4.29. The van der Waals surface area contributed by atoms with Crippen LogP contribution in [0.3, 0.4) is 0 Å². The molecule has 0 aromatic rings. The summed E-state index contributed by atoms with van der Waals surface area (Å²) in [4.78, 5) is 35.7. The van der Waals surface area contributed by atoms with E-state index in [-0.39, 0.29) is 32.0 Å². The number of nitrogens with zero attached hydrogens (tertiary/aromatic N) is 1. The van der Waals surface area contributed by atoms with E-state index in [0.717, 1.165) is 96.3 Å². The molecule has 74 heavy (non-hydrogen) atoms. The van der Waals surface area contributed by atoms with Crippen molar-refractivity contribution < 1.29 is 42.1 Å². The molecule has 1 N–H and O–H groups in total. The molecule has 426 valence electrons. The van der Waals surface area contributed by atoms with Crippen molar-refractivity contribution in [2.24, 2.45) is 0 Å². The van der Waals surface area contributed by atoms with Gasteiger partial charge in [0.1, 0.15) is 19.8 Å². The van der Waals surface area contributed by atoms with Gasteiger partial charge in [0, 0.05) is 12.8 Å². The zero-order valence-electron chi connectivity index (χ0n) is 48.3. The molecule has 0 saturated carbocycles. The normalized spacial score (nSPS) is 14.0. The minimum atomic E-state index is -4.40. The Labute approximate surface area is 455 Å². The van der Waals surface area contributed by atoms with Gasteiger partial charge in [-0.1, -0.05) is 233 Å². The highest BCUT2D eigenvalue weighted by molar-refractivity contribution is 7.47. The number of likely N-dealkylation sites (N-methyl/N-ethyl adjacent to an activating group) is 1. The lowest BCUT2D eigenvalue weighted by molar-refractivity contribution is -0.870. The van der Waals surface area contributed by atoms with Gasteiger partial charge in [-0.05, 0) is 96.3 Å². The minimum Gasteiger partial charge on any atom is -0.462 e. The van der Waals surface area contributed by atoms with Crippen molar-refractivity contribution in [1.82, 2.24) is 0 Å². The number of hydrogen-bond donors (Lipinski definition) is 1. The number of unbranched alkanes of at least 4 members (excludes halogenated alkanes) is 24. The Morgan fingerprint density at radius 1 is 0.432 bits per heavy atom. The van der Waals surface area contributed by atoms with Crippen molar-refractivity contribution in [3.8, 4) is 0 Å². The molecule has 0 spiro atoms. The number of esters is 2. The van der Waals surface area contributed by atoms with Crippen LogP contribution in [-0.2, 0) is 32.7 Å². The van der Waals surface area contributed by atoms with E-state index in [1.807, 2.05) is 21.1 Å². The van der Waals surface area contributed by atoms with Gasteiger partial charge >= 0.3 is 19.8 Å². The molecule has 2 atom stereocenters. The van der Waals surface area contributed by atoms with Gasteiger partial charge in [-0.3, -0.25) is 18.6 Å². The van der Waals surface area contributed by atoms with Crippen LogP contribution in [0.1, 0.15) is 245 Å². The summed E-state index contributed by atoms with van der Waals surface area (Å²) in [5, 5.41) is 0. The highest BCUT2D eigenvalue weighted by Gasteiger charge is 2.27. The number of carbonyl (C=O) groups excluding carboxylic acids is 2. The fourth-order valence-corrected chi connectivity index (χ4v) is 8.73. The largest absolute Gasteiger partial charge is 0.472 e. The quantitative estimate of drug-likeness (QED) is 0.0211. The van der Waals surface area contributed by atoms with Crippen LogP contribution in [0.2, 0.25) is 0 Å². The molecule has 0 amide bonds. The molecular weight excluding hydrogens is 942 g/mol. The molecule has 2 unspecified atom stereocenters. The van der Waals surface area contributed by atoms with E-state index in [9.17, 15) is 19.0 Å². The maximum Gasteiger partial charge on any atom is 0.472 e. The van der Waals surface area contributed by atoms with Crippen molar-refractivity contribution in [1.29, 1.82) is 0 Å². The van der Waals surface area contributed by atoms with Crippen LogP contribution < -0.4 is 0 Å². The average Bonchev–Trinajstić information content (AvgIpc) is 3.36. The fraction of sp³-hybridized carbons (Fsp3) is 0.719. The lowest BCUT2D eigenvalue weighted by Gasteiger charge is -2.24. The first-order valence-corrected chi connectivity index (χ1v) is 31.5. The van der Waals surface area contributed by atoms with Crippen LogP contribution in [0, 0.1) is 0 Å². The zero-order valence-corrected chi connectivity index (χ0v) is 49.2. The maximum absolute atomic E-state index is 12.8. The van der Waals surface area contributed by atoms with Gasteiger partial charge in [-0.15, -0.1) is 0 Å². The molecule has 0 aromatic heterocycles. The first-order valence-electron chi connectivity index (χ1n) is 30.0. The van der Waals surface area contributed by atoms with E-state index in [4.69, 9.17) is 18.5 Å².